The van der Waals surface area contributed by atoms with Gasteiger partial charge in [-0.1, -0.05) is 160 Å². The molecule has 0 spiro atoms. The number of amides is 6. The van der Waals surface area contributed by atoms with E-state index in [0.717, 1.165) is 60.8 Å². The normalized spacial score (nSPS) is 22.0. The molecule has 4 aromatic carbocycles. The number of fused-ring (bicyclic) bond motifs is 2. The molecule has 0 bridgehead atoms. The smallest absolute Gasteiger partial charge is 0.243 e. The van der Waals surface area contributed by atoms with Crippen molar-refractivity contribution in [1.82, 2.24) is 51.5 Å². The minimum Gasteiger partial charge on any atom is -0.377 e. The van der Waals surface area contributed by atoms with E-state index in [2.05, 4.69) is 31.9 Å². The molecule has 18 nitrogen and oxygen atoms in total. The number of aliphatic hydroxyl groups excluding tert-OH is 2. The van der Waals surface area contributed by atoms with E-state index in [-0.39, 0.29) is 97.5 Å². The number of carbonyl (C=O) groups excluding carboxylic acids is 6. The van der Waals surface area contributed by atoms with Crippen molar-refractivity contribution in [1.29, 1.82) is 0 Å². The lowest BCUT2D eigenvalue weighted by Gasteiger charge is -2.40. The number of benzene rings is 4. The number of hydrogen-bond donors (Lipinski definition) is 8. The molecule has 6 amide bonds. The van der Waals surface area contributed by atoms with Crippen molar-refractivity contribution in [3.05, 3.63) is 144 Å². The van der Waals surface area contributed by atoms with Crippen LogP contribution in [0.25, 0.3) is 0 Å². The van der Waals surface area contributed by atoms with Crippen molar-refractivity contribution in [2.24, 2.45) is 0 Å². The Morgan fingerprint density at radius 3 is 1.07 bits per heavy atom. The summed E-state index contributed by atoms with van der Waals surface area (Å²) in [7, 11) is 3.47. The molecule has 2 unspecified atom stereocenters. The van der Waals surface area contributed by atoms with Gasteiger partial charge in [-0.3, -0.25) is 39.4 Å². The highest BCUT2D eigenvalue weighted by molar-refractivity contribution is 5.93. The van der Waals surface area contributed by atoms with Crippen molar-refractivity contribution in [3.8, 4) is 0 Å². The molecule has 0 aliphatic carbocycles. The van der Waals surface area contributed by atoms with Crippen LogP contribution in [0.1, 0.15) is 151 Å². The third kappa shape index (κ3) is 18.3. The fourth-order valence-electron chi connectivity index (χ4n) is 12.7. The number of nitrogens with one attached hydrogen (secondary N) is 6. The zero-order chi connectivity index (χ0) is 59.5. The summed E-state index contributed by atoms with van der Waals surface area (Å²) in [6, 6.07) is 33.9. The number of carbonyl (C=O) groups is 6. The number of nitrogens with zero attached hydrogens (tertiary/aromatic N) is 4. The highest BCUT2D eigenvalue weighted by Crippen LogP contribution is 2.34. The minimum atomic E-state index is -1.08. The number of rotatable bonds is 27. The molecule has 4 saturated heterocycles. The maximum Gasteiger partial charge on any atom is 0.243 e. The van der Waals surface area contributed by atoms with Crippen LogP contribution in [-0.4, -0.2) is 166 Å². The summed E-state index contributed by atoms with van der Waals surface area (Å²) < 4.78 is 0. The van der Waals surface area contributed by atoms with E-state index in [1.807, 2.05) is 135 Å². The number of aliphatic hydroxyl groups is 2. The van der Waals surface area contributed by atoms with E-state index in [1.54, 1.807) is 33.7 Å². The van der Waals surface area contributed by atoms with Crippen LogP contribution < -0.4 is 31.9 Å². The molecule has 10 atom stereocenters. The SMILES string of the molecule is CN[C@@H](C)C(O)N[C@H]1CN(C(=O)CCCCCCCCCCC(=O)N2CC[C@H]3CC[C@@H](C(=O)NC(c4ccccc4)c4ccccc4)N3C(=O)[C@@H](NC(O)[C@H](C)NC)C2)CC[C@H]2CC[C@@H](C(=O)NC(c3ccccc3)c3ccccc3)N2C1=O.Cl.Cl. The Morgan fingerprint density at radius 2 is 0.767 bits per heavy atom. The molecule has 4 fully saturated rings. The van der Waals surface area contributed by atoms with Crippen LogP contribution in [0, 0.1) is 0 Å². The van der Waals surface area contributed by atoms with E-state index in [0.29, 0.717) is 77.3 Å². The molecule has 4 heterocycles. The van der Waals surface area contributed by atoms with Crippen LogP contribution in [-0.2, 0) is 28.8 Å². The maximum atomic E-state index is 14.7. The number of likely N-dealkylation sites (N-methyl/N-ethyl adjacent to an activating group) is 2. The molecule has 86 heavy (non-hydrogen) atoms. The zero-order valence-electron chi connectivity index (χ0n) is 50.6. The van der Waals surface area contributed by atoms with E-state index >= 15 is 0 Å². The van der Waals surface area contributed by atoms with Crippen LogP contribution in [0.4, 0.5) is 0 Å². The molecular weight excluding hydrogens is 1130 g/mol. The molecule has 20 heteroatoms. The fraction of sp³-hybridized carbons (Fsp3) is 0.545. The summed E-state index contributed by atoms with van der Waals surface area (Å²) in [5, 5.41) is 41.2. The van der Waals surface area contributed by atoms with Crippen LogP contribution in [0.2, 0.25) is 0 Å². The quantitative estimate of drug-likeness (QED) is 0.0237. The first-order valence-electron chi connectivity index (χ1n) is 31.0. The third-order valence-corrected chi connectivity index (χ3v) is 17.9. The first-order valence-corrected chi connectivity index (χ1v) is 31.0. The fourth-order valence-corrected chi connectivity index (χ4v) is 12.7. The van der Waals surface area contributed by atoms with Crippen LogP contribution in [0.3, 0.4) is 0 Å². The van der Waals surface area contributed by atoms with Crippen LogP contribution >= 0.6 is 24.8 Å². The number of hydrogen-bond acceptors (Lipinski definition) is 12. The Hall–Kier alpha value is -5.96. The van der Waals surface area contributed by atoms with Gasteiger partial charge in [0.05, 0.1) is 12.1 Å². The third-order valence-electron chi connectivity index (χ3n) is 17.9. The van der Waals surface area contributed by atoms with Crippen molar-refractivity contribution < 1.29 is 39.0 Å². The summed E-state index contributed by atoms with van der Waals surface area (Å²) in [6.45, 7) is 4.67. The van der Waals surface area contributed by atoms with E-state index < -0.39 is 48.7 Å². The molecule has 4 aliphatic rings. The van der Waals surface area contributed by atoms with Crippen molar-refractivity contribution in [2.75, 3.05) is 40.3 Å². The summed E-state index contributed by atoms with van der Waals surface area (Å²) >= 11 is 0. The Bertz CT molecular complexity index is 2480. The van der Waals surface area contributed by atoms with Crippen LogP contribution in [0.15, 0.2) is 121 Å². The molecule has 4 aliphatic heterocycles. The van der Waals surface area contributed by atoms with Gasteiger partial charge in [-0.15, -0.1) is 24.8 Å². The molecule has 4 aromatic rings. The molecule has 8 rings (SSSR count). The predicted molar refractivity (Wildman–Crippen MR) is 339 cm³/mol. The van der Waals surface area contributed by atoms with Gasteiger partial charge in [0.25, 0.3) is 0 Å². The van der Waals surface area contributed by atoms with Crippen molar-refractivity contribution in [2.45, 2.75) is 189 Å². The molecule has 8 N–H and O–H groups in total. The molecule has 0 radical (unpaired) electrons. The molecule has 0 aromatic heterocycles. The lowest BCUT2D eigenvalue weighted by molar-refractivity contribution is -0.147. The summed E-state index contributed by atoms with van der Waals surface area (Å²) in [5.74, 6) is -1.09. The monoisotopic (exact) mass is 1220 g/mol. The van der Waals surface area contributed by atoms with Gasteiger partial charge in [0.1, 0.15) is 36.6 Å². The van der Waals surface area contributed by atoms with Gasteiger partial charge in [0.15, 0.2) is 0 Å². The Kier molecular flexibility index (Phi) is 27.8. The standard InChI is InChI=1S/C66H92N10O8.2ClH/c1-45(67-3)61(79)69-53-43-73(41-39-51-35-37-55(75(51)65(53)83)63(81)71-59(47-25-15-11-16-26-47)48-27-17-12-18-28-48)57(77)33-23-9-7-5-6-8-10-24-34-58(78)74-42-40-52-36-38-56(76(52)66(84)54(44-74)70-62(80)46(2)68-4)64(82)72-60(49-29-19-13-20-30-49)50-31-21-14-22-32-50;;/h11-22,25-32,45-46,51-56,59-62,67-70,79-80H,5-10,23-24,33-44H2,1-4H3,(H,71,81)(H,72,82);2*1H/t45-,46-,51+,52+,53-,54-,55-,56-,61?,62?;;/m0../s1. The minimum absolute atomic E-state index is 0. The predicted octanol–water partition coefficient (Wildman–Crippen LogP) is 6.50. The second kappa shape index (κ2) is 34.5. The summed E-state index contributed by atoms with van der Waals surface area (Å²) in [5.41, 5.74) is 3.74. The first kappa shape index (κ1) is 69.1. The van der Waals surface area contributed by atoms with Crippen LogP contribution in [0.5, 0.6) is 0 Å². The van der Waals surface area contributed by atoms with Crippen molar-refractivity contribution in [3.63, 3.8) is 0 Å². The van der Waals surface area contributed by atoms with E-state index in [9.17, 15) is 39.0 Å². The maximum absolute atomic E-state index is 14.7. The van der Waals surface area contributed by atoms with Gasteiger partial charge in [0.2, 0.25) is 35.4 Å². The topological polar surface area (TPSA) is 228 Å². The average Bonchev–Trinajstić information content (AvgIpc) is 2.04. The summed E-state index contributed by atoms with van der Waals surface area (Å²) in [4.78, 5) is 92.8. The zero-order valence-corrected chi connectivity index (χ0v) is 52.2. The van der Waals surface area contributed by atoms with Gasteiger partial charge in [-0.2, -0.15) is 0 Å². The summed E-state index contributed by atoms with van der Waals surface area (Å²) in [6.07, 6.45) is 9.03. The van der Waals surface area contributed by atoms with Gasteiger partial charge in [0, 0.05) is 63.2 Å². The molecular formula is C66H94Cl2N10O8. The Labute approximate surface area is 521 Å². The second-order valence-corrected chi connectivity index (χ2v) is 23.6. The van der Waals surface area contributed by atoms with E-state index in [1.165, 1.54) is 0 Å². The van der Waals surface area contributed by atoms with E-state index in [4.69, 9.17) is 0 Å². The number of unbranched alkanes of at least 4 members (excludes halogenated alkanes) is 7. The highest BCUT2D eigenvalue weighted by Gasteiger charge is 2.48. The lowest BCUT2D eigenvalue weighted by Crippen LogP contribution is -2.63. The molecule has 470 valence electrons. The average molecular weight is 1230 g/mol. The van der Waals surface area contributed by atoms with Gasteiger partial charge < -0.3 is 51.1 Å². The molecule has 0 saturated carbocycles. The lowest BCUT2D eigenvalue weighted by atomic mass is 9.98. The van der Waals surface area contributed by atoms with Gasteiger partial charge >= 0.3 is 0 Å². The Balaban J connectivity index is 0.00000591. The first-order chi connectivity index (χ1) is 40.8. The van der Waals surface area contributed by atoms with Crippen molar-refractivity contribution >= 4 is 60.3 Å². The van der Waals surface area contributed by atoms with Gasteiger partial charge in [-0.05, 0) is 102 Å². The van der Waals surface area contributed by atoms with Gasteiger partial charge in [-0.25, -0.2) is 0 Å². The second-order valence-electron chi connectivity index (χ2n) is 23.6. The Morgan fingerprint density at radius 1 is 0.465 bits per heavy atom. The largest absolute Gasteiger partial charge is 0.377 e. The number of halogens is 2. The highest BCUT2D eigenvalue weighted by atomic mass is 35.5.